The van der Waals surface area contributed by atoms with E-state index in [-0.39, 0.29) is 0 Å². The van der Waals surface area contributed by atoms with Crippen molar-refractivity contribution in [3.8, 4) is 22.3 Å². The van der Waals surface area contributed by atoms with E-state index in [2.05, 4.69) is 228 Å². The van der Waals surface area contributed by atoms with Gasteiger partial charge in [-0.05, 0) is 112 Å². The van der Waals surface area contributed by atoms with Crippen LogP contribution in [0.25, 0.3) is 42.4 Å². The number of thiophene rings is 1. The van der Waals surface area contributed by atoms with Gasteiger partial charge >= 0.3 is 0 Å². The summed E-state index contributed by atoms with van der Waals surface area (Å²) < 4.78 is 2.59. The molecule has 9 aromatic carbocycles. The summed E-state index contributed by atoms with van der Waals surface area (Å²) in [6.07, 6.45) is 0. The Morgan fingerprint density at radius 2 is 0.828 bits per heavy atom. The number of anilines is 6. The van der Waals surface area contributed by atoms with Crippen LogP contribution >= 0.6 is 11.3 Å². The smallest absolute Gasteiger partial charge is 0.0727 e. The molecule has 272 valence electrons. The van der Waals surface area contributed by atoms with Gasteiger partial charge in [-0.15, -0.1) is 11.3 Å². The number of hydrogen-bond acceptors (Lipinski definition) is 3. The molecule has 2 nitrogen and oxygen atoms in total. The van der Waals surface area contributed by atoms with Crippen LogP contribution in [-0.4, -0.2) is 0 Å². The maximum atomic E-state index is 2.50. The molecule has 1 unspecified atom stereocenters. The lowest BCUT2D eigenvalue weighted by molar-refractivity contribution is 0.793. The number of fused-ring (bicyclic) bond motifs is 13. The highest BCUT2D eigenvalue weighted by atomic mass is 32.1. The third kappa shape index (κ3) is 4.65. The molecule has 58 heavy (non-hydrogen) atoms. The summed E-state index contributed by atoms with van der Waals surface area (Å²) in [4.78, 5) is 4.90. The first-order chi connectivity index (χ1) is 28.8. The Morgan fingerprint density at radius 3 is 1.53 bits per heavy atom. The van der Waals surface area contributed by atoms with Crippen molar-refractivity contribution in [1.29, 1.82) is 0 Å². The van der Waals surface area contributed by atoms with Crippen molar-refractivity contribution < 1.29 is 0 Å². The van der Waals surface area contributed by atoms with Gasteiger partial charge in [-0.1, -0.05) is 146 Å². The van der Waals surface area contributed by atoms with Gasteiger partial charge in [-0.2, -0.15) is 0 Å². The minimum Gasteiger partial charge on any atom is -0.310 e. The summed E-state index contributed by atoms with van der Waals surface area (Å²) in [5.41, 5.74) is 16.7. The van der Waals surface area contributed by atoms with Gasteiger partial charge in [-0.3, -0.25) is 0 Å². The van der Waals surface area contributed by atoms with Crippen molar-refractivity contribution in [2.24, 2.45) is 0 Å². The van der Waals surface area contributed by atoms with Gasteiger partial charge < -0.3 is 9.80 Å². The molecule has 1 aromatic heterocycles. The largest absolute Gasteiger partial charge is 0.310 e. The van der Waals surface area contributed by atoms with Gasteiger partial charge in [-0.25, -0.2) is 0 Å². The summed E-state index contributed by atoms with van der Waals surface area (Å²) >= 11 is 1.86. The summed E-state index contributed by atoms with van der Waals surface area (Å²) in [5, 5.41) is 2.57. The van der Waals surface area contributed by atoms with Crippen molar-refractivity contribution in [3.63, 3.8) is 0 Å². The SMILES string of the molecule is c1ccc(N(c2ccccc2)c2cccc3c2-c2ccccc2C32c3ccccc3-c3ccc(N(c4ccccc4)c4cccc5sc6ccccc6c45)cc32)cc1. The Bertz CT molecular complexity index is 3150. The van der Waals surface area contributed by atoms with Crippen molar-refractivity contribution >= 4 is 65.6 Å². The van der Waals surface area contributed by atoms with E-state index in [4.69, 9.17) is 0 Å². The van der Waals surface area contributed by atoms with Crippen LogP contribution in [0.2, 0.25) is 0 Å². The zero-order chi connectivity index (χ0) is 38.2. The van der Waals surface area contributed by atoms with E-state index in [1.807, 2.05) is 11.3 Å². The van der Waals surface area contributed by atoms with E-state index in [0.29, 0.717) is 0 Å². The highest BCUT2D eigenvalue weighted by Gasteiger charge is 2.52. The van der Waals surface area contributed by atoms with Gasteiger partial charge in [0.15, 0.2) is 0 Å². The topological polar surface area (TPSA) is 6.48 Å². The van der Waals surface area contributed by atoms with Crippen LogP contribution in [0, 0.1) is 0 Å². The summed E-state index contributed by atoms with van der Waals surface area (Å²) in [6.45, 7) is 0. The predicted octanol–water partition coefficient (Wildman–Crippen LogP) is 15.3. The average molecular weight is 757 g/mol. The molecule has 1 atom stereocenters. The van der Waals surface area contributed by atoms with E-state index < -0.39 is 5.41 Å². The lowest BCUT2D eigenvalue weighted by Crippen LogP contribution is -2.26. The third-order valence-corrected chi connectivity index (χ3v) is 13.4. The normalized spacial score (nSPS) is 14.6. The number of para-hydroxylation sites is 3. The fraction of sp³-hybridized carbons (Fsp3) is 0.0182. The second-order valence-corrected chi connectivity index (χ2v) is 16.3. The first kappa shape index (κ1) is 33.0. The molecule has 0 amide bonds. The van der Waals surface area contributed by atoms with Gasteiger partial charge in [0.1, 0.15) is 0 Å². The molecule has 1 heterocycles. The van der Waals surface area contributed by atoms with Crippen LogP contribution in [0.15, 0.2) is 218 Å². The lowest BCUT2D eigenvalue weighted by atomic mass is 9.70. The second-order valence-electron chi connectivity index (χ2n) is 15.2. The highest BCUT2D eigenvalue weighted by Crippen LogP contribution is 2.65. The van der Waals surface area contributed by atoms with Crippen LogP contribution in [0.5, 0.6) is 0 Å². The van der Waals surface area contributed by atoms with Gasteiger partial charge in [0, 0.05) is 48.5 Å². The number of hydrogen-bond donors (Lipinski definition) is 0. The van der Waals surface area contributed by atoms with E-state index in [0.717, 1.165) is 22.7 Å². The number of rotatable bonds is 6. The van der Waals surface area contributed by atoms with Crippen molar-refractivity contribution in [2.45, 2.75) is 5.41 Å². The molecule has 0 aliphatic heterocycles. The predicted molar refractivity (Wildman–Crippen MR) is 245 cm³/mol. The fourth-order valence-electron chi connectivity index (χ4n) is 10.0. The van der Waals surface area contributed by atoms with Crippen LogP contribution in [0.1, 0.15) is 22.3 Å². The van der Waals surface area contributed by atoms with Gasteiger partial charge in [0.05, 0.1) is 16.8 Å². The Hall–Kier alpha value is -7.20. The Labute approximate surface area is 342 Å². The molecular formula is C55H36N2S. The molecule has 2 aliphatic rings. The van der Waals surface area contributed by atoms with Crippen molar-refractivity contribution in [3.05, 3.63) is 241 Å². The van der Waals surface area contributed by atoms with Crippen molar-refractivity contribution in [1.82, 2.24) is 0 Å². The van der Waals surface area contributed by atoms with Crippen molar-refractivity contribution in [2.75, 3.05) is 9.80 Å². The first-order valence-corrected chi connectivity index (χ1v) is 20.8. The van der Waals surface area contributed by atoms with E-state index in [9.17, 15) is 0 Å². The standard InChI is InChI=1S/C55H36N2S/c1-4-18-37(19-5-1)56(38-20-6-2-7-21-38)49-30-16-29-47-53(49)43-25-11-14-28-46(43)55(47)45-27-13-10-24-41(45)42-35-34-40(36-48(42)55)57(39-22-8-3-9-23-39)50-31-17-33-52-54(50)44-26-12-15-32-51(44)58-52/h1-36H. The maximum Gasteiger partial charge on any atom is 0.0727 e. The Balaban J connectivity index is 1.15. The molecule has 0 N–H and O–H groups in total. The third-order valence-electron chi connectivity index (χ3n) is 12.2. The molecular weight excluding hydrogens is 721 g/mol. The van der Waals surface area contributed by atoms with E-state index >= 15 is 0 Å². The molecule has 0 saturated carbocycles. The van der Waals surface area contributed by atoms with E-state index in [1.165, 1.54) is 76.1 Å². The molecule has 2 aliphatic carbocycles. The van der Waals surface area contributed by atoms with Gasteiger partial charge in [0.2, 0.25) is 0 Å². The monoisotopic (exact) mass is 756 g/mol. The maximum absolute atomic E-state index is 2.50. The van der Waals surface area contributed by atoms with Crippen LogP contribution in [0.3, 0.4) is 0 Å². The molecule has 1 spiro atoms. The minimum atomic E-state index is -0.535. The first-order valence-electron chi connectivity index (χ1n) is 19.9. The number of benzene rings is 9. The summed E-state index contributed by atoms with van der Waals surface area (Å²) in [6, 6.07) is 80.4. The zero-order valence-electron chi connectivity index (χ0n) is 31.6. The highest BCUT2D eigenvalue weighted by molar-refractivity contribution is 7.26. The second kappa shape index (κ2) is 12.9. The molecule has 0 fully saturated rings. The lowest BCUT2D eigenvalue weighted by Gasteiger charge is -2.33. The molecule has 10 aromatic rings. The fourth-order valence-corrected chi connectivity index (χ4v) is 11.1. The quantitative estimate of drug-likeness (QED) is 0.167. The van der Waals surface area contributed by atoms with Crippen LogP contribution in [-0.2, 0) is 5.41 Å². The Kier molecular flexibility index (Phi) is 7.35. The molecule has 0 radical (unpaired) electrons. The van der Waals surface area contributed by atoms with E-state index in [1.54, 1.807) is 0 Å². The van der Waals surface area contributed by atoms with Crippen LogP contribution in [0.4, 0.5) is 34.1 Å². The van der Waals surface area contributed by atoms with Crippen LogP contribution < -0.4 is 9.80 Å². The molecule has 3 heteroatoms. The Morgan fingerprint density at radius 1 is 0.328 bits per heavy atom. The molecule has 12 rings (SSSR count). The minimum absolute atomic E-state index is 0.535. The van der Waals surface area contributed by atoms with Gasteiger partial charge in [0.25, 0.3) is 0 Å². The summed E-state index contributed by atoms with van der Waals surface area (Å²) in [5.74, 6) is 0. The number of nitrogens with zero attached hydrogens (tertiary/aromatic N) is 2. The average Bonchev–Trinajstić information content (AvgIpc) is 3.92. The summed E-state index contributed by atoms with van der Waals surface area (Å²) in [7, 11) is 0. The molecule has 0 saturated heterocycles. The molecule has 0 bridgehead atoms. The zero-order valence-corrected chi connectivity index (χ0v) is 32.4.